The number of aryl methyl sites for hydroxylation is 1. The highest BCUT2D eigenvalue weighted by atomic mass is 31.0. The van der Waals surface area contributed by atoms with Crippen molar-refractivity contribution in [1.29, 1.82) is 0 Å². The van der Waals surface area contributed by atoms with Crippen LogP contribution in [0.25, 0.3) is 33.5 Å². The first-order valence-electron chi connectivity index (χ1n) is 12.0. The molecule has 9 heteroatoms. The van der Waals surface area contributed by atoms with Crippen LogP contribution in [-0.2, 0) is 0 Å². The lowest BCUT2D eigenvalue weighted by molar-refractivity contribution is 0.479. The molecule has 2 aromatic heterocycles. The van der Waals surface area contributed by atoms with Gasteiger partial charge in [-0.25, -0.2) is 14.4 Å². The predicted molar refractivity (Wildman–Crippen MR) is 145 cm³/mol. The molecule has 1 aliphatic heterocycles. The number of nitrogens with one attached hydrogen (secondary N) is 3. The minimum Gasteiger partial charge on any atom is -0.370 e. The molecule has 0 bridgehead atoms. The van der Waals surface area contributed by atoms with Crippen LogP contribution in [0.4, 0.5) is 15.9 Å². The summed E-state index contributed by atoms with van der Waals surface area (Å²) in [7, 11) is 2.63. The fourth-order valence-electron chi connectivity index (χ4n) is 4.82. The number of piperidine rings is 1. The Hall–Kier alpha value is -3.06. The molecule has 5 N–H and O–H groups in total. The number of fused-ring (bicyclic) bond motifs is 1. The summed E-state index contributed by atoms with van der Waals surface area (Å²) >= 11 is 0. The minimum absolute atomic E-state index is 0.257. The number of halogens is 1. The third-order valence-electron chi connectivity index (χ3n) is 6.51. The predicted octanol–water partition coefficient (Wildman–Crippen LogP) is 4.46. The van der Waals surface area contributed by atoms with E-state index in [1.165, 1.54) is 0 Å². The van der Waals surface area contributed by atoms with Crippen molar-refractivity contribution < 1.29 is 4.39 Å². The summed E-state index contributed by atoms with van der Waals surface area (Å²) < 4.78 is 14.5. The molecule has 0 radical (unpaired) electrons. The fraction of sp³-hybridized carbons (Fsp3) is 0.308. The maximum Gasteiger partial charge on any atom is 0.144 e. The maximum absolute atomic E-state index is 14.5. The topological polar surface area (TPSA) is 94.9 Å². The van der Waals surface area contributed by atoms with E-state index in [-0.39, 0.29) is 5.82 Å². The molecule has 4 aromatic rings. The highest BCUT2D eigenvalue weighted by Gasteiger charge is 2.28. The molecule has 0 spiro atoms. The molecule has 1 saturated heterocycles. The van der Waals surface area contributed by atoms with Gasteiger partial charge < -0.3 is 20.9 Å². The largest absolute Gasteiger partial charge is 0.370 e. The van der Waals surface area contributed by atoms with Gasteiger partial charge in [0.05, 0.1) is 22.3 Å². The zero-order valence-electron chi connectivity index (χ0n) is 19.8. The number of H-pyrrole nitrogens is 1. The van der Waals surface area contributed by atoms with Gasteiger partial charge in [-0.1, -0.05) is 27.6 Å². The van der Waals surface area contributed by atoms with Gasteiger partial charge in [-0.3, -0.25) is 5.09 Å². The number of hydrogen-bond acceptors (Lipinski definition) is 6. The Morgan fingerprint density at radius 1 is 1.20 bits per heavy atom. The van der Waals surface area contributed by atoms with Gasteiger partial charge in [-0.2, -0.15) is 0 Å². The summed E-state index contributed by atoms with van der Waals surface area (Å²) in [4.78, 5) is 15.6. The highest BCUT2D eigenvalue weighted by Crippen LogP contribution is 2.43. The van der Waals surface area contributed by atoms with Gasteiger partial charge in [0, 0.05) is 44.0 Å². The van der Waals surface area contributed by atoms with Crippen molar-refractivity contribution in [2.24, 2.45) is 5.73 Å². The van der Waals surface area contributed by atoms with Crippen molar-refractivity contribution in [2.75, 3.05) is 36.4 Å². The Morgan fingerprint density at radius 2 is 2.00 bits per heavy atom. The number of imidazole rings is 1. The Morgan fingerprint density at radius 3 is 2.71 bits per heavy atom. The number of nitrogens with two attached hydrogens (primary N) is 1. The number of para-hydroxylation sites is 2. The number of benzene rings is 2. The van der Waals surface area contributed by atoms with E-state index in [0.717, 1.165) is 70.7 Å². The highest BCUT2D eigenvalue weighted by molar-refractivity contribution is 7.13. The first-order chi connectivity index (χ1) is 17.1. The van der Waals surface area contributed by atoms with Crippen LogP contribution in [0.5, 0.6) is 0 Å². The monoisotopic (exact) mass is 491 g/mol. The molecule has 2 aromatic carbocycles. The average molecular weight is 492 g/mol. The van der Waals surface area contributed by atoms with Crippen molar-refractivity contribution >= 4 is 31.9 Å². The van der Waals surface area contributed by atoms with E-state index >= 15 is 0 Å². The lowest BCUT2D eigenvalue weighted by Gasteiger charge is -2.36. The summed E-state index contributed by atoms with van der Waals surface area (Å²) in [6.45, 7) is 4.69. The van der Waals surface area contributed by atoms with Crippen LogP contribution < -0.4 is 21.0 Å². The number of rotatable bonds is 7. The van der Waals surface area contributed by atoms with Gasteiger partial charge in [-0.15, -0.1) is 0 Å². The number of hydrogen-bond donors (Lipinski definition) is 4. The van der Waals surface area contributed by atoms with Crippen LogP contribution in [0, 0.1) is 12.7 Å². The molecule has 1 aliphatic rings. The van der Waals surface area contributed by atoms with E-state index in [1.807, 2.05) is 43.5 Å². The quantitative estimate of drug-likeness (QED) is 0.285. The molecule has 1 atom stereocenters. The summed E-state index contributed by atoms with van der Waals surface area (Å²) in [5, 5.41) is 6.72. The van der Waals surface area contributed by atoms with E-state index in [0.29, 0.717) is 24.9 Å². The van der Waals surface area contributed by atoms with Gasteiger partial charge in [0.2, 0.25) is 0 Å². The van der Waals surface area contributed by atoms with Gasteiger partial charge in [-0.05, 0) is 55.2 Å². The number of pyridine rings is 1. The second kappa shape index (κ2) is 10.3. The smallest absolute Gasteiger partial charge is 0.144 e. The lowest BCUT2D eigenvalue weighted by atomic mass is 9.96. The van der Waals surface area contributed by atoms with E-state index in [4.69, 9.17) is 15.7 Å². The zero-order valence-corrected chi connectivity index (χ0v) is 21.0. The van der Waals surface area contributed by atoms with E-state index in [1.54, 1.807) is 12.1 Å². The molecule has 3 heterocycles. The number of nitrogens with zero attached hydrogens (tertiary/aromatic N) is 3. The summed E-state index contributed by atoms with van der Waals surface area (Å²) in [6.07, 6.45) is 3.84. The molecule has 1 fully saturated rings. The number of anilines is 2. The van der Waals surface area contributed by atoms with Crippen LogP contribution in [-0.4, -0.2) is 47.2 Å². The van der Waals surface area contributed by atoms with Crippen LogP contribution in [0.15, 0.2) is 48.7 Å². The Kier molecular flexibility index (Phi) is 6.95. The van der Waals surface area contributed by atoms with Crippen molar-refractivity contribution in [3.63, 3.8) is 0 Å². The summed E-state index contributed by atoms with van der Waals surface area (Å²) in [5.74, 6) is 1.19. The van der Waals surface area contributed by atoms with Crippen LogP contribution >= 0.6 is 9.39 Å². The minimum atomic E-state index is -0.257. The fourth-order valence-corrected chi connectivity index (χ4v) is 5.16. The lowest BCUT2D eigenvalue weighted by Crippen LogP contribution is -2.40. The Balaban J connectivity index is 1.75. The third kappa shape index (κ3) is 4.87. The summed E-state index contributed by atoms with van der Waals surface area (Å²) in [5.41, 5.74) is 12.1. The van der Waals surface area contributed by atoms with E-state index in [9.17, 15) is 4.39 Å². The standard InChI is InChI=1S/C26H31FN7P/c1-16-12-17(14-18(27)13-16)20-15-30-25(29-9-8-28)23(24(20)34-10-6-19(33-35)7-11-34)26-31-21-4-2-3-5-22(21)32-26/h2-5,12-15,19,33H,6-11,28,35H2,1H3,(H,29,30)(H,31,32). The molecule has 5 rings (SSSR count). The van der Waals surface area contributed by atoms with E-state index in [2.05, 4.69) is 29.7 Å². The average Bonchev–Trinajstić information content (AvgIpc) is 3.30. The first kappa shape index (κ1) is 23.7. The van der Waals surface area contributed by atoms with Crippen molar-refractivity contribution in [2.45, 2.75) is 25.8 Å². The normalized spacial score (nSPS) is 14.6. The van der Waals surface area contributed by atoms with Crippen molar-refractivity contribution in [1.82, 2.24) is 20.0 Å². The summed E-state index contributed by atoms with van der Waals surface area (Å²) in [6, 6.07) is 13.6. The van der Waals surface area contributed by atoms with Gasteiger partial charge in [0.25, 0.3) is 0 Å². The molecule has 0 aliphatic carbocycles. The molecule has 0 amide bonds. The molecule has 0 saturated carbocycles. The van der Waals surface area contributed by atoms with Crippen LogP contribution in [0.3, 0.4) is 0 Å². The van der Waals surface area contributed by atoms with Crippen LogP contribution in [0.2, 0.25) is 0 Å². The SMILES string of the molecule is Cc1cc(F)cc(-c2cnc(NCCN)c(-c3nc4ccccc4[nH]3)c2N2CCC(NP)CC2)c1. The van der Waals surface area contributed by atoms with Gasteiger partial charge >= 0.3 is 0 Å². The van der Waals surface area contributed by atoms with Crippen LogP contribution in [0.1, 0.15) is 18.4 Å². The second-order valence-corrected chi connectivity index (χ2v) is 9.34. The molecule has 35 heavy (non-hydrogen) atoms. The van der Waals surface area contributed by atoms with Crippen molar-refractivity contribution in [3.8, 4) is 22.5 Å². The van der Waals surface area contributed by atoms with Crippen molar-refractivity contribution in [3.05, 3.63) is 60.0 Å². The Labute approximate surface area is 207 Å². The van der Waals surface area contributed by atoms with E-state index < -0.39 is 0 Å². The molecular weight excluding hydrogens is 460 g/mol. The van der Waals surface area contributed by atoms with Gasteiger partial charge in [0.1, 0.15) is 17.5 Å². The van der Waals surface area contributed by atoms with Gasteiger partial charge in [0.15, 0.2) is 0 Å². The molecule has 7 nitrogen and oxygen atoms in total. The zero-order chi connectivity index (χ0) is 24.4. The number of aromatic nitrogens is 3. The first-order valence-corrected chi connectivity index (χ1v) is 12.6. The molecule has 182 valence electrons. The number of aromatic amines is 1. The second-order valence-electron chi connectivity index (χ2n) is 9.01. The Bertz CT molecular complexity index is 1280. The maximum atomic E-state index is 14.5. The third-order valence-corrected chi connectivity index (χ3v) is 6.99. The molecular formula is C26H31FN7P. The molecule has 1 unspecified atom stereocenters.